The number of Topliss-reactive ketones (excluding diaryl/α,β-unsaturated/α-hetero) is 2. The Labute approximate surface area is 210 Å². The fourth-order valence-electron chi connectivity index (χ4n) is 6.44. The maximum atomic E-state index is 14.2. The maximum absolute atomic E-state index is 14.2. The average Bonchev–Trinajstić information content (AvgIpc) is 2.73. The maximum Gasteiger partial charge on any atom is 0.196 e. The molecule has 0 bridgehead atoms. The summed E-state index contributed by atoms with van der Waals surface area (Å²) in [4.78, 5) is 28.1. The van der Waals surface area contributed by atoms with Gasteiger partial charge in [-0.25, -0.2) is 0 Å². The van der Waals surface area contributed by atoms with E-state index in [1.54, 1.807) is 20.8 Å². The standard InChI is InChI=1S/C26H34Cl2O6/c1-12-15(29)9-13-19(20(12)30)21(31)14-10-18(28)24(4,5)34-26(14,22(13)32)11-16-23(2,3)17(27)7-8-25(16,6)33/h9,14,16-18,29-30,33H,7-8,10-11H2,1-6H3/t14-,16+,17+,18-,25+,26-/m1/s1. The van der Waals surface area contributed by atoms with E-state index in [2.05, 4.69) is 0 Å². The second kappa shape index (κ2) is 7.83. The summed E-state index contributed by atoms with van der Waals surface area (Å²) in [7, 11) is 0. The fraction of sp³-hybridized carbons (Fsp3) is 0.692. The van der Waals surface area contributed by atoms with Crippen LogP contribution in [-0.2, 0) is 4.74 Å². The predicted octanol–water partition coefficient (Wildman–Crippen LogP) is 5.13. The van der Waals surface area contributed by atoms with Gasteiger partial charge in [-0.15, -0.1) is 23.2 Å². The molecule has 3 N–H and O–H groups in total. The Hall–Kier alpha value is -1.34. The fourth-order valence-corrected chi connectivity index (χ4v) is 6.92. The third-order valence-corrected chi connectivity index (χ3v) is 10.3. The molecule has 1 aromatic carbocycles. The smallest absolute Gasteiger partial charge is 0.196 e. The zero-order valence-electron chi connectivity index (χ0n) is 20.5. The number of hydrogen-bond donors (Lipinski definition) is 3. The van der Waals surface area contributed by atoms with Crippen molar-refractivity contribution in [1.29, 1.82) is 0 Å². The van der Waals surface area contributed by atoms with Crippen LogP contribution in [0.2, 0.25) is 0 Å². The third-order valence-electron chi connectivity index (χ3n) is 8.79. The highest BCUT2D eigenvalue weighted by molar-refractivity contribution is 6.24. The first-order valence-electron chi connectivity index (χ1n) is 11.8. The van der Waals surface area contributed by atoms with Gasteiger partial charge in [0.05, 0.1) is 28.1 Å². The molecule has 2 fully saturated rings. The van der Waals surface area contributed by atoms with E-state index in [0.717, 1.165) is 0 Å². The minimum atomic E-state index is -1.62. The lowest BCUT2D eigenvalue weighted by atomic mass is 9.54. The van der Waals surface area contributed by atoms with Crippen molar-refractivity contribution in [1.82, 2.24) is 0 Å². The van der Waals surface area contributed by atoms with Crippen LogP contribution in [0.5, 0.6) is 11.5 Å². The second-order valence-electron chi connectivity index (χ2n) is 11.8. The molecule has 34 heavy (non-hydrogen) atoms. The number of ether oxygens (including phenoxy) is 1. The van der Waals surface area contributed by atoms with Crippen LogP contribution in [-0.4, -0.2) is 54.4 Å². The van der Waals surface area contributed by atoms with Crippen LogP contribution < -0.4 is 0 Å². The number of carbonyl (C=O) groups is 2. The Morgan fingerprint density at radius 1 is 1.09 bits per heavy atom. The molecule has 8 heteroatoms. The molecule has 1 saturated carbocycles. The summed E-state index contributed by atoms with van der Waals surface area (Å²) in [6.07, 6.45) is 1.32. The molecule has 4 rings (SSSR count). The number of phenols is 2. The van der Waals surface area contributed by atoms with Crippen LogP contribution in [0, 0.1) is 24.2 Å². The molecule has 3 aliphatic rings. The minimum absolute atomic E-state index is 0.0628. The van der Waals surface area contributed by atoms with Crippen molar-refractivity contribution in [2.45, 2.75) is 94.8 Å². The minimum Gasteiger partial charge on any atom is -0.508 e. The number of ketones is 2. The number of aromatic hydroxyl groups is 2. The molecule has 6 nitrogen and oxygen atoms in total. The van der Waals surface area contributed by atoms with E-state index in [0.29, 0.717) is 12.8 Å². The second-order valence-corrected chi connectivity index (χ2v) is 12.8. The number of benzene rings is 1. The third kappa shape index (κ3) is 3.51. The molecule has 2 aliphatic carbocycles. The molecular weight excluding hydrogens is 479 g/mol. The highest BCUT2D eigenvalue weighted by Gasteiger charge is 2.65. The van der Waals surface area contributed by atoms with Crippen LogP contribution in [0.1, 0.15) is 86.6 Å². The number of hydrogen-bond acceptors (Lipinski definition) is 6. The highest BCUT2D eigenvalue weighted by Crippen LogP contribution is 2.58. The van der Waals surface area contributed by atoms with E-state index in [1.807, 2.05) is 13.8 Å². The molecule has 0 spiro atoms. The Morgan fingerprint density at radius 3 is 2.32 bits per heavy atom. The molecule has 1 heterocycles. The molecule has 0 amide bonds. The van der Waals surface area contributed by atoms with Crippen LogP contribution in [0.4, 0.5) is 0 Å². The molecule has 0 unspecified atom stereocenters. The van der Waals surface area contributed by atoms with Gasteiger partial charge in [-0.1, -0.05) is 13.8 Å². The number of carbonyl (C=O) groups excluding carboxylic acids is 2. The summed E-state index contributed by atoms with van der Waals surface area (Å²) in [5, 5.41) is 31.7. The van der Waals surface area contributed by atoms with Gasteiger partial charge in [0.25, 0.3) is 0 Å². The van der Waals surface area contributed by atoms with Gasteiger partial charge in [-0.2, -0.15) is 0 Å². The quantitative estimate of drug-likeness (QED) is 0.474. The van der Waals surface area contributed by atoms with Crippen molar-refractivity contribution in [3.8, 4) is 11.5 Å². The Morgan fingerprint density at radius 2 is 1.71 bits per heavy atom. The lowest BCUT2D eigenvalue weighted by molar-refractivity contribution is -0.196. The molecule has 0 aromatic heterocycles. The largest absolute Gasteiger partial charge is 0.508 e. The molecular formula is C26H34Cl2O6. The van der Waals surface area contributed by atoms with Crippen molar-refractivity contribution >= 4 is 34.8 Å². The van der Waals surface area contributed by atoms with Crippen molar-refractivity contribution in [3.05, 3.63) is 22.8 Å². The number of alkyl halides is 2. The monoisotopic (exact) mass is 512 g/mol. The van der Waals surface area contributed by atoms with Crippen LogP contribution in [0.25, 0.3) is 0 Å². The van der Waals surface area contributed by atoms with E-state index in [4.69, 9.17) is 27.9 Å². The van der Waals surface area contributed by atoms with Gasteiger partial charge in [0.15, 0.2) is 11.6 Å². The number of halogens is 2. The lowest BCUT2D eigenvalue weighted by Crippen LogP contribution is -2.67. The summed E-state index contributed by atoms with van der Waals surface area (Å²) in [6.45, 7) is 10.7. The van der Waals surface area contributed by atoms with E-state index < -0.39 is 56.7 Å². The lowest BCUT2D eigenvalue weighted by Gasteiger charge is -2.58. The van der Waals surface area contributed by atoms with Crippen LogP contribution in [0.15, 0.2) is 6.07 Å². The molecule has 0 radical (unpaired) electrons. The zero-order chi connectivity index (χ0) is 25.6. The number of rotatable bonds is 2. The first-order valence-corrected chi connectivity index (χ1v) is 12.7. The van der Waals surface area contributed by atoms with Gasteiger partial charge >= 0.3 is 0 Å². The van der Waals surface area contributed by atoms with Gasteiger partial charge in [-0.3, -0.25) is 9.59 Å². The summed E-state index contributed by atoms with van der Waals surface area (Å²) < 4.78 is 6.53. The Bertz CT molecular complexity index is 1060. The average molecular weight is 513 g/mol. The van der Waals surface area contributed by atoms with Crippen molar-refractivity contribution in [2.75, 3.05) is 0 Å². The van der Waals surface area contributed by atoms with Crippen molar-refractivity contribution < 1.29 is 29.6 Å². The van der Waals surface area contributed by atoms with Crippen LogP contribution >= 0.6 is 23.2 Å². The van der Waals surface area contributed by atoms with Gasteiger partial charge in [0, 0.05) is 16.5 Å². The van der Waals surface area contributed by atoms with E-state index in [-0.39, 0.29) is 40.7 Å². The summed E-state index contributed by atoms with van der Waals surface area (Å²) in [5.74, 6) is -3.01. The van der Waals surface area contributed by atoms with Gasteiger partial charge in [0.2, 0.25) is 0 Å². The molecule has 188 valence electrons. The molecule has 6 atom stereocenters. The number of aliphatic hydroxyl groups is 1. The van der Waals surface area contributed by atoms with Gasteiger partial charge in [-0.05, 0) is 70.8 Å². The SMILES string of the molecule is Cc1c(O)cc2c(c1O)C(=O)[C@H]1C[C@@H](Cl)C(C)(C)O[C@@]1(C[C@H]1C(C)(C)[C@@H](Cl)CC[C@]1(C)O)C2=O. The summed E-state index contributed by atoms with van der Waals surface area (Å²) >= 11 is 13.4. The van der Waals surface area contributed by atoms with E-state index in [9.17, 15) is 24.9 Å². The predicted molar refractivity (Wildman–Crippen MR) is 130 cm³/mol. The summed E-state index contributed by atoms with van der Waals surface area (Å²) in [6, 6.07) is 1.24. The topological polar surface area (TPSA) is 104 Å². The highest BCUT2D eigenvalue weighted by atomic mass is 35.5. The zero-order valence-corrected chi connectivity index (χ0v) is 22.0. The van der Waals surface area contributed by atoms with E-state index >= 15 is 0 Å². The first kappa shape index (κ1) is 25.7. The van der Waals surface area contributed by atoms with Gasteiger partial charge < -0.3 is 20.1 Å². The molecule has 1 aromatic rings. The number of fused-ring (bicyclic) bond motifs is 2. The van der Waals surface area contributed by atoms with Gasteiger partial charge in [0.1, 0.15) is 17.1 Å². The summed E-state index contributed by atoms with van der Waals surface area (Å²) in [5.41, 5.74) is -4.29. The molecule has 1 saturated heterocycles. The van der Waals surface area contributed by atoms with Crippen molar-refractivity contribution in [2.24, 2.45) is 17.3 Å². The Kier molecular flexibility index (Phi) is 5.93. The normalized spacial score (nSPS) is 38.9. The van der Waals surface area contributed by atoms with E-state index in [1.165, 1.54) is 13.0 Å². The Balaban J connectivity index is 1.95. The van der Waals surface area contributed by atoms with Crippen molar-refractivity contribution in [3.63, 3.8) is 0 Å². The van der Waals surface area contributed by atoms with Crippen LogP contribution in [0.3, 0.4) is 0 Å². The molecule has 1 aliphatic heterocycles. The number of phenolic OH excluding ortho intramolecular Hbond substituents is 2. The first-order chi connectivity index (χ1) is 15.5.